The molecule has 1 amide bonds. The van der Waals surface area contributed by atoms with Crippen LogP contribution in [0.3, 0.4) is 0 Å². The van der Waals surface area contributed by atoms with Gasteiger partial charge in [0.05, 0.1) is 31.1 Å². The van der Waals surface area contributed by atoms with Crippen LogP contribution in [0, 0.1) is 0 Å². The second kappa shape index (κ2) is 9.94. The van der Waals surface area contributed by atoms with E-state index in [-0.39, 0.29) is 18.3 Å². The van der Waals surface area contributed by atoms with Crippen molar-refractivity contribution in [1.82, 2.24) is 0 Å². The Balaban J connectivity index is 0.00000261. The molecule has 0 radical (unpaired) electrons. The highest BCUT2D eigenvalue weighted by atomic mass is 35.5. The summed E-state index contributed by atoms with van der Waals surface area (Å²) in [6, 6.07) is 14.3. The Morgan fingerprint density at radius 3 is 2.48 bits per heavy atom. The Bertz CT molecular complexity index is 777. The molecular formula is C20H23ClN2O4. The van der Waals surface area contributed by atoms with Gasteiger partial charge in [-0.25, -0.2) is 4.79 Å². The Morgan fingerprint density at radius 1 is 1.11 bits per heavy atom. The molecule has 144 valence electrons. The fraction of sp³-hybridized carbons (Fsp3) is 0.300. The van der Waals surface area contributed by atoms with E-state index in [1.807, 2.05) is 12.1 Å². The van der Waals surface area contributed by atoms with Gasteiger partial charge in [0.1, 0.15) is 0 Å². The number of esters is 1. The van der Waals surface area contributed by atoms with Crippen LogP contribution in [0.2, 0.25) is 0 Å². The van der Waals surface area contributed by atoms with E-state index in [0.717, 1.165) is 5.69 Å². The van der Waals surface area contributed by atoms with Gasteiger partial charge in [0.15, 0.2) is 0 Å². The van der Waals surface area contributed by atoms with Crippen molar-refractivity contribution < 1.29 is 19.1 Å². The maximum atomic E-state index is 12.4. The molecule has 2 aromatic rings. The molecular weight excluding hydrogens is 368 g/mol. The van der Waals surface area contributed by atoms with Crippen LogP contribution in [0.25, 0.3) is 0 Å². The third-order valence-corrected chi connectivity index (χ3v) is 4.14. The molecule has 0 atom stereocenters. The van der Waals surface area contributed by atoms with E-state index < -0.39 is 5.97 Å². The van der Waals surface area contributed by atoms with Gasteiger partial charge in [-0.15, -0.1) is 12.4 Å². The van der Waals surface area contributed by atoms with Crippen LogP contribution in [0.15, 0.2) is 48.5 Å². The molecule has 1 saturated heterocycles. The van der Waals surface area contributed by atoms with Crippen molar-refractivity contribution in [1.29, 1.82) is 0 Å². The van der Waals surface area contributed by atoms with Crippen LogP contribution >= 0.6 is 12.4 Å². The number of benzene rings is 2. The van der Waals surface area contributed by atoms with Gasteiger partial charge >= 0.3 is 5.97 Å². The van der Waals surface area contributed by atoms with E-state index in [1.165, 1.54) is 0 Å². The lowest BCUT2D eigenvalue weighted by atomic mass is 10.1. The van der Waals surface area contributed by atoms with Crippen LogP contribution in [0.1, 0.15) is 27.6 Å². The quantitative estimate of drug-likeness (QED) is 0.793. The summed E-state index contributed by atoms with van der Waals surface area (Å²) in [5.41, 5.74) is 2.35. The minimum absolute atomic E-state index is 0. The number of anilines is 2. The molecule has 0 spiro atoms. The van der Waals surface area contributed by atoms with Crippen molar-refractivity contribution >= 4 is 35.7 Å². The number of nitrogens with one attached hydrogen (secondary N) is 1. The van der Waals surface area contributed by atoms with Crippen molar-refractivity contribution in [3.63, 3.8) is 0 Å². The first-order valence-corrected chi connectivity index (χ1v) is 8.69. The zero-order chi connectivity index (χ0) is 18.4. The number of nitrogens with zero attached hydrogens (tertiary/aromatic N) is 1. The maximum Gasteiger partial charge on any atom is 0.340 e. The summed E-state index contributed by atoms with van der Waals surface area (Å²) < 4.78 is 10.6. The van der Waals surface area contributed by atoms with Crippen molar-refractivity contribution in [3.05, 3.63) is 59.7 Å². The number of carbonyl (C=O) groups is 2. The van der Waals surface area contributed by atoms with Gasteiger partial charge < -0.3 is 19.7 Å². The summed E-state index contributed by atoms with van der Waals surface area (Å²) in [5.74, 6) is -0.621. The monoisotopic (exact) mass is 390 g/mol. The fourth-order valence-electron chi connectivity index (χ4n) is 2.86. The number of hydrogen-bond acceptors (Lipinski definition) is 5. The van der Waals surface area contributed by atoms with Crippen molar-refractivity contribution in [3.8, 4) is 0 Å². The maximum absolute atomic E-state index is 12.4. The Hall–Kier alpha value is -2.57. The standard InChI is InChI=1S/C20H22N2O4.ClH/c1-2-26-20(24)17-14-16(21-19(23)15-6-4-3-5-7-15)8-9-18(17)22-10-12-25-13-11-22;/h3-9,14H,2,10-13H2,1H3,(H,21,23);1H. The number of carbonyl (C=O) groups excluding carboxylic acids is 2. The molecule has 0 unspecified atom stereocenters. The highest BCUT2D eigenvalue weighted by Crippen LogP contribution is 2.26. The van der Waals surface area contributed by atoms with E-state index in [4.69, 9.17) is 9.47 Å². The van der Waals surface area contributed by atoms with Crippen molar-refractivity contribution in [2.75, 3.05) is 43.1 Å². The van der Waals surface area contributed by atoms with E-state index in [2.05, 4.69) is 10.2 Å². The number of hydrogen-bond donors (Lipinski definition) is 1. The molecule has 0 aromatic heterocycles. The summed E-state index contributed by atoms with van der Waals surface area (Å²) in [6.45, 7) is 4.73. The summed E-state index contributed by atoms with van der Waals surface area (Å²) in [5, 5.41) is 2.84. The molecule has 27 heavy (non-hydrogen) atoms. The summed E-state index contributed by atoms with van der Waals surface area (Å²) in [7, 11) is 0. The number of amides is 1. The number of ether oxygens (including phenoxy) is 2. The average molecular weight is 391 g/mol. The van der Waals surface area contributed by atoms with Crippen LogP contribution in [-0.4, -0.2) is 44.8 Å². The highest BCUT2D eigenvalue weighted by molar-refractivity contribution is 6.05. The molecule has 6 nitrogen and oxygen atoms in total. The minimum Gasteiger partial charge on any atom is -0.462 e. The van der Waals surface area contributed by atoms with Gasteiger partial charge in [-0.05, 0) is 37.3 Å². The lowest BCUT2D eigenvalue weighted by Gasteiger charge is -2.30. The minimum atomic E-state index is -0.398. The first-order valence-electron chi connectivity index (χ1n) is 8.69. The largest absolute Gasteiger partial charge is 0.462 e. The van der Waals surface area contributed by atoms with Crippen LogP contribution in [0.5, 0.6) is 0 Å². The molecule has 0 aliphatic carbocycles. The topological polar surface area (TPSA) is 67.9 Å². The van der Waals surface area contributed by atoms with E-state index in [1.54, 1.807) is 43.3 Å². The van der Waals surface area contributed by atoms with E-state index >= 15 is 0 Å². The number of morpholine rings is 1. The summed E-state index contributed by atoms with van der Waals surface area (Å²) >= 11 is 0. The van der Waals surface area contributed by atoms with Gasteiger partial charge in [-0.2, -0.15) is 0 Å². The second-order valence-electron chi connectivity index (χ2n) is 5.87. The van der Waals surface area contributed by atoms with Gasteiger partial charge in [0.2, 0.25) is 0 Å². The van der Waals surface area contributed by atoms with Crippen LogP contribution < -0.4 is 10.2 Å². The summed E-state index contributed by atoms with van der Waals surface area (Å²) in [4.78, 5) is 26.9. The van der Waals surface area contributed by atoms with E-state index in [0.29, 0.717) is 49.7 Å². The zero-order valence-corrected chi connectivity index (χ0v) is 16.0. The van der Waals surface area contributed by atoms with E-state index in [9.17, 15) is 9.59 Å². The van der Waals surface area contributed by atoms with Crippen molar-refractivity contribution in [2.24, 2.45) is 0 Å². The molecule has 7 heteroatoms. The fourth-order valence-corrected chi connectivity index (χ4v) is 2.86. The van der Waals surface area contributed by atoms with Crippen molar-refractivity contribution in [2.45, 2.75) is 6.92 Å². The molecule has 1 N–H and O–H groups in total. The molecule has 2 aromatic carbocycles. The second-order valence-corrected chi connectivity index (χ2v) is 5.87. The van der Waals surface area contributed by atoms with Gasteiger partial charge in [0.25, 0.3) is 5.91 Å². The zero-order valence-electron chi connectivity index (χ0n) is 15.1. The molecule has 0 saturated carbocycles. The molecule has 1 heterocycles. The van der Waals surface area contributed by atoms with Gasteiger partial charge in [0, 0.05) is 24.3 Å². The third kappa shape index (κ3) is 5.21. The smallest absolute Gasteiger partial charge is 0.340 e. The Labute approximate surface area is 164 Å². The van der Waals surface area contributed by atoms with Gasteiger partial charge in [-0.1, -0.05) is 18.2 Å². The summed E-state index contributed by atoms with van der Waals surface area (Å²) in [6.07, 6.45) is 0. The number of rotatable bonds is 5. The third-order valence-electron chi connectivity index (χ3n) is 4.14. The molecule has 1 fully saturated rings. The predicted octanol–water partition coefficient (Wildman–Crippen LogP) is 3.37. The molecule has 3 rings (SSSR count). The van der Waals surface area contributed by atoms with Gasteiger partial charge in [-0.3, -0.25) is 4.79 Å². The average Bonchev–Trinajstić information content (AvgIpc) is 2.69. The Morgan fingerprint density at radius 2 is 1.81 bits per heavy atom. The Kier molecular flexibility index (Phi) is 7.64. The normalized spacial score (nSPS) is 13.4. The highest BCUT2D eigenvalue weighted by Gasteiger charge is 2.20. The van der Waals surface area contributed by atoms with Crippen LogP contribution in [0.4, 0.5) is 11.4 Å². The first-order chi connectivity index (χ1) is 12.7. The molecule has 1 aliphatic rings. The number of halogens is 1. The molecule has 0 bridgehead atoms. The molecule has 1 aliphatic heterocycles. The lowest BCUT2D eigenvalue weighted by Crippen LogP contribution is -2.37. The first kappa shape index (κ1) is 20.7. The predicted molar refractivity (Wildman–Crippen MR) is 107 cm³/mol. The van der Waals surface area contributed by atoms with Crippen LogP contribution in [-0.2, 0) is 9.47 Å². The SMILES string of the molecule is CCOC(=O)c1cc(NC(=O)c2ccccc2)ccc1N1CCOCC1.Cl. The lowest BCUT2D eigenvalue weighted by molar-refractivity contribution is 0.0526.